The highest BCUT2D eigenvalue weighted by atomic mass is 35.5. The van der Waals surface area contributed by atoms with E-state index in [0.29, 0.717) is 21.0 Å². The molecule has 0 amide bonds. The summed E-state index contributed by atoms with van der Waals surface area (Å²) in [6.45, 7) is 0.0959. The van der Waals surface area contributed by atoms with Gasteiger partial charge in [0.25, 0.3) is 0 Å². The quantitative estimate of drug-likeness (QED) is 0.609. The monoisotopic (exact) mass is 337 g/mol. The van der Waals surface area contributed by atoms with Crippen molar-refractivity contribution in [3.63, 3.8) is 0 Å². The van der Waals surface area contributed by atoms with Crippen molar-refractivity contribution in [1.82, 2.24) is 4.31 Å². The maximum Gasteiger partial charge on any atom is 0.339 e. The fourth-order valence-electron chi connectivity index (χ4n) is 1.59. The third-order valence-corrected chi connectivity index (χ3v) is 5.25. The van der Waals surface area contributed by atoms with Crippen LogP contribution in [-0.2, 0) is 21.3 Å². The predicted molar refractivity (Wildman–Crippen MR) is 80.9 cm³/mol. The van der Waals surface area contributed by atoms with Gasteiger partial charge in [-0.25, -0.2) is 17.5 Å². The molecule has 0 saturated heterocycles. The van der Waals surface area contributed by atoms with Crippen LogP contribution in [0.1, 0.15) is 15.9 Å². The molecule has 1 rings (SSSR count). The molecule has 0 heterocycles. The molecule has 0 radical (unpaired) electrons. The van der Waals surface area contributed by atoms with Crippen LogP contribution in [0.25, 0.3) is 0 Å². The SMILES string of the molecule is COC(=O)c1ccc(Cl)c(CN(C)S(C)(=O)=O)c1SC. The number of ether oxygens (including phenoxy) is 1. The van der Waals surface area contributed by atoms with Gasteiger partial charge in [0.2, 0.25) is 10.0 Å². The molecule has 0 aliphatic rings. The molecule has 8 heteroatoms. The summed E-state index contributed by atoms with van der Waals surface area (Å²) < 4.78 is 28.9. The van der Waals surface area contributed by atoms with Crippen LogP contribution in [0.15, 0.2) is 17.0 Å². The Balaban J connectivity index is 3.34. The third-order valence-electron chi connectivity index (χ3n) is 2.76. The van der Waals surface area contributed by atoms with Gasteiger partial charge in [0, 0.05) is 29.1 Å². The van der Waals surface area contributed by atoms with Crippen LogP contribution in [0.3, 0.4) is 0 Å². The Morgan fingerprint density at radius 1 is 1.45 bits per heavy atom. The second-order valence-corrected chi connectivity index (χ2v) is 7.43. The number of thioether (sulfide) groups is 1. The number of nitrogens with zero attached hydrogens (tertiary/aromatic N) is 1. The van der Waals surface area contributed by atoms with Crippen LogP contribution >= 0.6 is 23.4 Å². The van der Waals surface area contributed by atoms with E-state index in [1.54, 1.807) is 18.4 Å². The molecular formula is C12H16ClNO4S2. The zero-order valence-corrected chi connectivity index (χ0v) is 14.0. The summed E-state index contributed by atoms with van der Waals surface area (Å²) in [6.07, 6.45) is 2.91. The van der Waals surface area contributed by atoms with Gasteiger partial charge in [-0.05, 0) is 18.4 Å². The molecule has 20 heavy (non-hydrogen) atoms. The van der Waals surface area contributed by atoms with Crippen LogP contribution in [-0.4, -0.2) is 45.4 Å². The third kappa shape index (κ3) is 3.88. The molecular weight excluding hydrogens is 322 g/mol. The van der Waals surface area contributed by atoms with Gasteiger partial charge in [-0.15, -0.1) is 11.8 Å². The Kier molecular flexibility index (Phi) is 5.88. The Labute approximate surface area is 128 Å². The molecule has 112 valence electrons. The van der Waals surface area contributed by atoms with Crippen molar-refractivity contribution >= 4 is 39.4 Å². The standard InChI is InChI=1S/C12H16ClNO4S2/c1-14(20(4,16)17)7-9-10(13)6-5-8(11(9)19-3)12(15)18-2/h5-6H,7H2,1-4H3. The van der Waals surface area contributed by atoms with Crippen LogP contribution in [0.4, 0.5) is 0 Å². The molecule has 0 bridgehead atoms. The van der Waals surface area contributed by atoms with Gasteiger partial charge < -0.3 is 4.74 Å². The number of sulfonamides is 1. The molecule has 1 aromatic rings. The summed E-state index contributed by atoms with van der Waals surface area (Å²) in [5.41, 5.74) is 0.969. The lowest BCUT2D eigenvalue weighted by molar-refractivity contribution is 0.0596. The lowest BCUT2D eigenvalue weighted by atomic mass is 10.1. The van der Waals surface area contributed by atoms with Gasteiger partial charge in [0.1, 0.15) is 0 Å². The van der Waals surface area contributed by atoms with E-state index < -0.39 is 16.0 Å². The number of halogens is 1. The summed E-state index contributed by atoms with van der Waals surface area (Å²) in [5.74, 6) is -0.478. The molecule has 0 unspecified atom stereocenters. The first kappa shape index (κ1) is 17.3. The average Bonchev–Trinajstić information content (AvgIpc) is 2.38. The van der Waals surface area contributed by atoms with Gasteiger partial charge in [0.05, 0.1) is 18.9 Å². The molecule has 0 N–H and O–H groups in total. The molecule has 0 atom stereocenters. The number of benzene rings is 1. The van der Waals surface area contributed by atoms with Crippen LogP contribution < -0.4 is 0 Å². The molecule has 0 aliphatic carbocycles. The highest BCUT2D eigenvalue weighted by molar-refractivity contribution is 7.98. The van der Waals surface area contributed by atoms with Crippen LogP contribution in [0.2, 0.25) is 5.02 Å². The number of rotatable bonds is 5. The van der Waals surface area contributed by atoms with Gasteiger partial charge in [-0.1, -0.05) is 11.6 Å². The lowest BCUT2D eigenvalue weighted by Crippen LogP contribution is -2.25. The Morgan fingerprint density at radius 2 is 2.05 bits per heavy atom. The Hall–Kier alpha value is -0.760. The normalized spacial score (nSPS) is 11.7. The van der Waals surface area contributed by atoms with Crippen molar-refractivity contribution in [3.8, 4) is 0 Å². The summed E-state index contributed by atoms with van der Waals surface area (Å²) in [6, 6.07) is 3.14. The Morgan fingerprint density at radius 3 is 2.50 bits per heavy atom. The zero-order chi connectivity index (χ0) is 15.5. The highest BCUT2D eigenvalue weighted by Crippen LogP contribution is 2.32. The molecule has 0 spiro atoms. The number of carbonyl (C=O) groups excluding carboxylic acids is 1. The predicted octanol–water partition coefficient (Wildman–Crippen LogP) is 2.24. The highest BCUT2D eigenvalue weighted by Gasteiger charge is 2.21. The number of methoxy groups -OCH3 is 1. The lowest BCUT2D eigenvalue weighted by Gasteiger charge is -2.18. The summed E-state index contributed by atoms with van der Waals surface area (Å²) in [5, 5.41) is 0.414. The molecule has 5 nitrogen and oxygen atoms in total. The second-order valence-electron chi connectivity index (χ2n) is 4.12. The largest absolute Gasteiger partial charge is 0.465 e. The molecule has 0 saturated carbocycles. The minimum absolute atomic E-state index is 0.0959. The maximum atomic E-state index is 11.7. The molecule has 1 aromatic carbocycles. The average molecular weight is 338 g/mol. The summed E-state index contributed by atoms with van der Waals surface area (Å²) in [4.78, 5) is 12.4. The topological polar surface area (TPSA) is 63.7 Å². The van der Waals surface area contributed by atoms with Crippen molar-refractivity contribution in [1.29, 1.82) is 0 Å². The van der Waals surface area contributed by atoms with E-state index in [0.717, 1.165) is 6.26 Å². The molecule has 0 fully saturated rings. The first-order chi connectivity index (χ1) is 9.22. The fourth-order valence-corrected chi connectivity index (χ4v) is 3.02. The van der Waals surface area contributed by atoms with Gasteiger partial charge in [-0.2, -0.15) is 0 Å². The van der Waals surface area contributed by atoms with Crippen molar-refractivity contribution in [2.75, 3.05) is 26.7 Å². The van der Waals surface area contributed by atoms with Gasteiger partial charge >= 0.3 is 5.97 Å². The van der Waals surface area contributed by atoms with Crippen molar-refractivity contribution in [2.24, 2.45) is 0 Å². The fraction of sp³-hybridized carbons (Fsp3) is 0.417. The van der Waals surface area contributed by atoms with E-state index in [-0.39, 0.29) is 6.54 Å². The van der Waals surface area contributed by atoms with E-state index >= 15 is 0 Å². The Bertz CT molecular complexity index is 616. The second kappa shape index (κ2) is 6.80. The smallest absolute Gasteiger partial charge is 0.339 e. The van der Waals surface area contributed by atoms with E-state index in [2.05, 4.69) is 0 Å². The van der Waals surface area contributed by atoms with E-state index in [1.165, 1.54) is 30.2 Å². The first-order valence-corrected chi connectivity index (χ1v) is 9.02. The van der Waals surface area contributed by atoms with Crippen LogP contribution in [0.5, 0.6) is 0 Å². The molecule has 0 aliphatic heterocycles. The number of esters is 1. The van der Waals surface area contributed by atoms with E-state index in [9.17, 15) is 13.2 Å². The van der Waals surface area contributed by atoms with Crippen molar-refractivity contribution in [3.05, 3.63) is 28.3 Å². The van der Waals surface area contributed by atoms with Crippen LogP contribution in [0, 0.1) is 0 Å². The van der Waals surface area contributed by atoms with Gasteiger partial charge in [-0.3, -0.25) is 0 Å². The maximum absolute atomic E-state index is 11.7. The van der Waals surface area contributed by atoms with Crippen molar-refractivity contribution in [2.45, 2.75) is 11.4 Å². The minimum Gasteiger partial charge on any atom is -0.465 e. The minimum atomic E-state index is -3.33. The number of carbonyl (C=O) groups is 1. The van der Waals surface area contributed by atoms with E-state index in [4.69, 9.17) is 16.3 Å². The van der Waals surface area contributed by atoms with E-state index in [1.807, 2.05) is 0 Å². The zero-order valence-electron chi connectivity index (χ0n) is 11.6. The van der Waals surface area contributed by atoms with Gasteiger partial charge in [0.15, 0.2) is 0 Å². The summed E-state index contributed by atoms with van der Waals surface area (Å²) in [7, 11) is -0.578. The number of hydrogen-bond donors (Lipinski definition) is 0. The van der Waals surface area contributed by atoms with Crippen molar-refractivity contribution < 1.29 is 17.9 Å². The molecule has 0 aromatic heterocycles. The first-order valence-electron chi connectivity index (χ1n) is 5.57. The summed E-state index contributed by atoms with van der Waals surface area (Å²) >= 11 is 7.46. The number of hydrogen-bond acceptors (Lipinski definition) is 5.